The average Bonchev–Trinajstić information content (AvgIpc) is 3.65. The Morgan fingerprint density at radius 2 is 1.54 bits per heavy atom. The Morgan fingerprint density at radius 1 is 0.877 bits per heavy atom. The fourth-order valence-corrected chi connectivity index (χ4v) is 10.0. The Hall–Kier alpha value is -5.40. The van der Waals surface area contributed by atoms with Crippen molar-refractivity contribution in [3.63, 3.8) is 0 Å². The van der Waals surface area contributed by atoms with Gasteiger partial charge in [0.2, 0.25) is 17.5 Å². The van der Waals surface area contributed by atoms with Gasteiger partial charge in [0.05, 0.1) is 23.7 Å². The first kappa shape index (κ1) is 37.2. The summed E-state index contributed by atoms with van der Waals surface area (Å²) in [5.74, 6) is -0.851. The summed E-state index contributed by atoms with van der Waals surface area (Å²) in [6, 6.07) is 11.1. The van der Waals surface area contributed by atoms with Gasteiger partial charge in [0.25, 0.3) is 23.7 Å². The highest BCUT2D eigenvalue weighted by Crippen LogP contribution is 2.46. The number of rotatable bonds is 7. The van der Waals surface area contributed by atoms with E-state index < -0.39 is 29.7 Å². The Bertz CT molecular complexity index is 2160. The summed E-state index contributed by atoms with van der Waals surface area (Å²) in [5, 5.41) is 20.8. The van der Waals surface area contributed by atoms with Crippen LogP contribution in [-0.2, 0) is 9.59 Å². The van der Waals surface area contributed by atoms with Gasteiger partial charge in [-0.3, -0.25) is 34.3 Å². The molecule has 0 radical (unpaired) electrons. The molecule has 2 aromatic carbocycles. The van der Waals surface area contributed by atoms with E-state index in [4.69, 9.17) is 18.2 Å². The lowest BCUT2D eigenvalue weighted by molar-refractivity contribution is -0.136. The Labute approximate surface area is 335 Å². The first-order chi connectivity index (χ1) is 27.5. The SMILES string of the molecule is [C-]#[N+]c1ccc(N2CC3(CCN(c4nnc(N5CCC(N6CC(N(C)c7ccc8c(c7)C(=O)N(C7CCC(=O)NC7=O)C8=O)C6)CC5)nn4)CC3)C[C@@H]2C)cc1Cl. The first-order valence-electron chi connectivity index (χ1n) is 19.8. The summed E-state index contributed by atoms with van der Waals surface area (Å²) in [5.41, 5.74) is 3.19. The molecule has 5 fully saturated rings. The average molecular weight is 793 g/mol. The van der Waals surface area contributed by atoms with Crippen molar-refractivity contribution >= 4 is 64.2 Å². The largest absolute Gasteiger partial charge is 0.369 e. The number of nitrogens with zero attached hydrogens (tertiary/aromatic N) is 11. The van der Waals surface area contributed by atoms with Crippen LogP contribution in [0.1, 0.15) is 72.6 Å². The second kappa shape index (κ2) is 14.5. The third-order valence-corrected chi connectivity index (χ3v) is 13.5. The maximum Gasteiger partial charge on any atom is 0.264 e. The van der Waals surface area contributed by atoms with Crippen LogP contribution in [0, 0.1) is 12.0 Å². The van der Waals surface area contributed by atoms with Crippen LogP contribution in [0.2, 0.25) is 5.02 Å². The zero-order valence-electron chi connectivity index (χ0n) is 32.1. The molecule has 0 aliphatic carbocycles. The van der Waals surface area contributed by atoms with Crippen LogP contribution in [0.3, 0.4) is 0 Å². The van der Waals surface area contributed by atoms with E-state index in [1.54, 1.807) is 12.1 Å². The molecule has 4 amide bonds. The van der Waals surface area contributed by atoms with Crippen molar-refractivity contribution in [2.45, 2.75) is 76.0 Å². The van der Waals surface area contributed by atoms with E-state index in [-0.39, 0.29) is 29.9 Å². The molecule has 1 spiro atoms. The molecular formula is C40H45ClN12O4. The van der Waals surface area contributed by atoms with Gasteiger partial charge < -0.3 is 19.6 Å². The smallest absolute Gasteiger partial charge is 0.264 e. The van der Waals surface area contributed by atoms with E-state index in [9.17, 15) is 19.2 Å². The first-order valence-corrected chi connectivity index (χ1v) is 20.2. The highest BCUT2D eigenvalue weighted by molar-refractivity contribution is 6.33. The fraction of sp³-hybridized carbons (Fsp3) is 0.525. The molecule has 1 unspecified atom stereocenters. The lowest BCUT2D eigenvalue weighted by atomic mass is 9.77. The topological polar surface area (TPSA) is 156 Å². The lowest BCUT2D eigenvalue weighted by Crippen LogP contribution is -2.63. The number of fused-ring (bicyclic) bond motifs is 1. The quantitative estimate of drug-likeness (QED) is 0.274. The fourth-order valence-electron chi connectivity index (χ4n) is 9.80. The standard InChI is InChI=1S/C40H45ClN12O4/c1-24-20-40(23-52(24)27-5-7-32(42-2)31(41)19-27)12-16-50(17-13-40)39-46-44-38(45-47-39)49-14-10-25(11-15-49)51-21-28(22-51)48(3)26-4-6-29-30(18-26)37(57)53(36(29)56)33-8-9-34(54)43-35(33)55/h4-7,18-19,24-25,28,33H,8-17,20-23H2,1,3H3,(H,43,54,55)/t24-,33?/m0/s1. The molecule has 16 nitrogen and oxygen atoms in total. The molecule has 2 atom stereocenters. The van der Waals surface area contributed by atoms with Crippen LogP contribution in [0.15, 0.2) is 36.4 Å². The molecule has 1 N–H and O–H groups in total. The number of anilines is 4. The summed E-state index contributed by atoms with van der Waals surface area (Å²) in [4.78, 5) is 66.5. The number of carbonyl (C=O) groups excluding carboxylic acids is 4. The van der Waals surface area contributed by atoms with Crippen molar-refractivity contribution in [2.75, 3.05) is 72.5 Å². The van der Waals surface area contributed by atoms with Crippen molar-refractivity contribution in [3.8, 4) is 0 Å². The number of imide groups is 2. The number of nitrogens with one attached hydrogen (secondary N) is 1. The van der Waals surface area contributed by atoms with Crippen LogP contribution in [0.4, 0.5) is 29.0 Å². The molecule has 1 aromatic heterocycles. The van der Waals surface area contributed by atoms with Gasteiger partial charge in [0.1, 0.15) is 6.04 Å². The molecule has 6 aliphatic rings. The van der Waals surface area contributed by atoms with Crippen molar-refractivity contribution < 1.29 is 19.2 Å². The van der Waals surface area contributed by atoms with Gasteiger partial charge in [-0.25, -0.2) is 4.85 Å². The molecule has 57 heavy (non-hydrogen) atoms. The second-order valence-electron chi connectivity index (χ2n) is 16.5. The molecule has 7 heterocycles. The molecule has 0 saturated carbocycles. The van der Waals surface area contributed by atoms with Crippen LogP contribution in [0.5, 0.6) is 0 Å². The zero-order chi connectivity index (χ0) is 39.6. The summed E-state index contributed by atoms with van der Waals surface area (Å²) < 4.78 is 0. The number of carbonyl (C=O) groups is 4. The number of hydrogen-bond donors (Lipinski definition) is 1. The maximum absolute atomic E-state index is 13.3. The molecule has 3 aromatic rings. The second-order valence-corrected chi connectivity index (χ2v) is 16.9. The summed E-state index contributed by atoms with van der Waals surface area (Å²) in [7, 11) is 2.01. The zero-order valence-corrected chi connectivity index (χ0v) is 32.9. The minimum atomic E-state index is -0.978. The molecule has 296 valence electrons. The predicted molar refractivity (Wildman–Crippen MR) is 213 cm³/mol. The van der Waals surface area contributed by atoms with Gasteiger partial charge in [0, 0.05) is 87.8 Å². The molecule has 6 aliphatic heterocycles. The Kier molecular flexibility index (Phi) is 9.47. The lowest BCUT2D eigenvalue weighted by Gasteiger charge is -2.50. The minimum absolute atomic E-state index is 0.0892. The monoisotopic (exact) mass is 792 g/mol. The molecule has 17 heteroatoms. The number of hydrogen-bond acceptors (Lipinski definition) is 13. The number of likely N-dealkylation sites (N-methyl/N-ethyl adjacent to an activating group) is 1. The molecular weight excluding hydrogens is 748 g/mol. The van der Waals surface area contributed by atoms with Gasteiger partial charge >= 0.3 is 0 Å². The molecule has 9 rings (SSSR count). The van der Waals surface area contributed by atoms with Crippen molar-refractivity contribution in [3.05, 3.63) is 64.0 Å². The van der Waals surface area contributed by atoms with Crippen LogP contribution < -0.4 is 24.9 Å². The van der Waals surface area contributed by atoms with Gasteiger partial charge in [0.15, 0.2) is 0 Å². The van der Waals surface area contributed by atoms with E-state index in [2.05, 4.69) is 62.0 Å². The van der Waals surface area contributed by atoms with E-state index >= 15 is 0 Å². The number of benzene rings is 2. The third-order valence-electron chi connectivity index (χ3n) is 13.2. The number of piperidine rings is 3. The molecule has 0 bridgehead atoms. The number of amides is 4. The van der Waals surface area contributed by atoms with Crippen molar-refractivity contribution in [1.82, 2.24) is 35.5 Å². The predicted octanol–water partition coefficient (Wildman–Crippen LogP) is 3.55. The normalized spacial score (nSPS) is 24.2. The van der Waals surface area contributed by atoms with Gasteiger partial charge in [-0.15, -0.1) is 20.4 Å². The van der Waals surface area contributed by atoms with E-state index in [0.717, 1.165) is 94.2 Å². The molecule has 5 saturated heterocycles. The highest BCUT2D eigenvalue weighted by atomic mass is 35.5. The maximum atomic E-state index is 13.3. The number of likely N-dealkylation sites (tertiary alicyclic amines) is 1. The summed E-state index contributed by atoms with van der Waals surface area (Å²) in [6.07, 6.45) is 5.36. The van der Waals surface area contributed by atoms with Gasteiger partial charge in [-0.05, 0) is 81.2 Å². The highest BCUT2D eigenvalue weighted by Gasteiger charge is 2.46. The van der Waals surface area contributed by atoms with Gasteiger partial charge in [-0.1, -0.05) is 17.7 Å². The van der Waals surface area contributed by atoms with Crippen LogP contribution in [0.25, 0.3) is 4.85 Å². The minimum Gasteiger partial charge on any atom is -0.369 e. The summed E-state index contributed by atoms with van der Waals surface area (Å²) in [6.45, 7) is 15.7. The Morgan fingerprint density at radius 3 is 2.19 bits per heavy atom. The summed E-state index contributed by atoms with van der Waals surface area (Å²) >= 11 is 6.37. The van der Waals surface area contributed by atoms with Crippen LogP contribution in [-0.4, -0.2) is 131 Å². The Balaban J connectivity index is 0.738. The number of halogens is 1. The van der Waals surface area contributed by atoms with Crippen molar-refractivity contribution in [2.24, 2.45) is 5.41 Å². The van der Waals surface area contributed by atoms with Crippen molar-refractivity contribution in [1.29, 1.82) is 0 Å². The van der Waals surface area contributed by atoms with E-state index in [1.165, 1.54) is 0 Å². The van der Waals surface area contributed by atoms with Crippen LogP contribution >= 0.6 is 11.6 Å². The number of aromatic nitrogens is 4. The van der Waals surface area contributed by atoms with Gasteiger partial charge in [-0.2, -0.15) is 0 Å². The van der Waals surface area contributed by atoms with E-state index in [1.807, 2.05) is 31.3 Å². The van der Waals surface area contributed by atoms with E-state index in [0.29, 0.717) is 40.3 Å². The third kappa shape index (κ3) is 6.70.